The molecule has 7 heteroatoms. The standard InChI is InChI=1S/C19H15NO6/c1-11-9-17(22)26-19-15(11)7-8-16(18(19)12(2)21)25-10-13-3-5-14(6-4-13)20(23)24/h3-9H,10H2,1-2H3. The summed E-state index contributed by atoms with van der Waals surface area (Å²) in [5.74, 6) is 0.000141. The van der Waals surface area contributed by atoms with Crippen LogP contribution in [0.5, 0.6) is 5.75 Å². The minimum absolute atomic E-state index is 0.0128. The third-order valence-electron chi connectivity index (χ3n) is 3.97. The molecule has 3 rings (SSSR count). The zero-order valence-corrected chi connectivity index (χ0v) is 14.1. The summed E-state index contributed by atoms with van der Waals surface area (Å²) in [6, 6.07) is 10.7. The zero-order chi connectivity index (χ0) is 18.8. The van der Waals surface area contributed by atoms with Crippen molar-refractivity contribution < 1.29 is 18.9 Å². The molecule has 1 aromatic heterocycles. The van der Waals surface area contributed by atoms with Crippen LogP contribution < -0.4 is 10.4 Å². The van der Waals surface area contributed by atoms with E-state index < -0.39 is 10.5 Å². The molecule has 132 valence electrons. The number of non-ortho nitro benzene ring substituents is 1. The summed E-state index contributed by atoms with van der Waals surface area (Å²) in [4.78, 5) is 34.0. The van der Waals surface area contributed by atoms with Gasteiger partial charge in [-0.2, -0.15) is 0 Å². The van der Waals surface area contributed by atoms with E-state index in [0.717, 1.165) is 0 Å². The van der Waals surface area contributed by atoms with Crippen LogP contribution in [-0.4, -0.2) is 10.7 Å². The Kier molecular flexibility index (Phi) is 4.53. The minimum Gasteiger partial charge on any atom is -0.488 e. The Morgan fingerprint density at radius 3 is 2.50 bits per heavy atom. The van der Waals surface area contributed by atoms with Crippen molar-refractivity contribution in [2.75, 3.05) is 0 Å². The molecule has 0 aliphatic heterocycles. The second kappa shape index (κ2) is 6.79. The number of nitro benzene ring substituents is 1. The Bertz CT molecular complexity index is 1070. The molecule has 0 unspecified atom stereocenters. The molecule has 3 aromatic rings. The van der Waals surface area contributed by atoms with Crippen LogP contribution in [0.3, 0.4) is 0 Å². The molecule has 0 bridgehead atoms. The van der Waals surface area contributed by atoms with Gasteiger partial charge in [-0.25, -0.2) is 4.79 Å². The van der Waals surface area contributed by atoms with E-state index in [-0.39, 0.29) is 35.0 Å². The first kappa shape index (κ1) is 17.3. The summed E-state index contributed by atoms with van der Waals surface area (Å²) < 4.78 is 11.0. The number of carbonyl (C=O) groups excluding carboxylic acids is 1. The highest BCUT2D eigenvalue weighted by atomic mass is 16.6. The fraction of sp³-hybridized carbons (Fsp3) is 0.158. The Morgan fingerprint density at radius 2 is 1.88 bits per heavy atom. The summed E-state index contributed by atoms with van der Waals surface area (Å²) in [7, 11) is 0. The molecular formula is C19H15NO6. The third-order valence-corrected chi connectivity index (χ3v) is 3.97. The predicted molar refractivity (Wildman–Crippen MR) is 94.7 cm³/mol. The molecule has 26 heavy (non-hydrogen) atoms. The Labute approximate surface area is 148 Å². The smallest absolute Gasteiger partial charge is 0.336 e. The molecule has 0 radical (unpaired) electrons. The second-order valence-corrected chi connectivity index (χ2v) is 5.83. The number of ether oxygens (including phenoxy) is 1. The van der Waals surface area contributed by atoms with Crippen molar-refractivity contribution in [3.05, 3.63) is 79.7 Å². The number of fused-ring (bicyclic) bond motifs is 1. The van der Waals surface area contributed by atoms with E-state index in [1.54, 1.807) is 31.2 Å². The van der Waals surface area contributed by atoms with Crippen LogP contribution in [0.2, 0.25) is 0 Å². The van der Waals surface area contributed by atoms with Gasteiger partial charge in [0.25, 0.3) is 5.69 Å². The SMILES string of the molecule is CC(=O)c1c(OCc2ccc([N+](=O)[O-])cc2)ccc2c(C)cc(=O)oc12. The van der Waals surface area contributed by atoms with E-state index in [9.17, 15) is 19.7 Å². The summed E-state index contributed by atoms with van der Waals surface area (Å²) in [5, 5.41) is 11.4. The molecule has 0 amide bonds. The predicted octanol–water partition coefficient (Wildman–Crippen LogP) is 3.79. The van der Waals surface area contributed by atoms with Gasteiger partial charge in [-0.3, -0.25) is 14.9 Å². The van der Waals surface area contributed by atoms with Crippen LogP contribution in [0.25, 0.3) is 11.0 Å². The lowest BCUT2D eigenvalue weighted by Gasteiger charge is -2.12. The van der Waals surface area contributed by atoms with Crippen LogP contribution in [-0.2, 0) is 6.61 Å². The largest absolute Gasteiger partial charge is 0.488 e. The van der Waals surface area contributed by atoms with Crippen molar-refractivity contribution in [2.45, 2.75) is 20.5 Å². The quantitative estimate of drug-likeness (QED) is 0.299. The van der Waals surface area contributed by atoms with Gasteiger partial charge in [0, 0.05) is 23.6 Å². The summed E-state index contributed by atoms with van der Waals surface area (Å²) in [6.07, 6.45) is 0. The highest BCUT2D eigenvalue weighted by Crippen LogP contribution is 2.30. The Hall–Kier alpha value is -3.48. The number of aryl methyl sites for hydroxylation is 1. The van der Waals surface area contributed by atoms with E-state index >= 15 is 0 Å². The third kappa shape index (κ3) is 3.32. The highest BCUT2D eigenvalue weighted by molar-refractivity contribution is 6.07. The van der Waals surface area contributed by atoms with Crippen LogP contribution in [0, 0.1) is 17.0 Å². The molecule has 0 atom stereocenters. The number of nitrogens with zero attached hydrogens (tertiary/aromatic N) is 1. The van der Waals surface area contributed by atoms with Crippen molar-refractivity contribution in [1.82, 2.24) is 0 Å². The zero-order valence-electron chi connectivity index (χ0n) is 14.1. The second-order valence-electron chi connectivity index (χ2n) is 5.83. The van der Waals surface area contributed by atoms with Gasteiger partial charge < -0.3 is 9.15 Å². The van der Waals surface area contributed by atoms with Crippen LogP contribution in [0.4, 0.5) is 5.69 Å². The van der Waals surface area contributed by atoms with Gasteiger partial charge in [0.2, 0.25) is 0 Å². The van der Waals surface area contributed by atoms with Gasteiger partial charge in [0.15, 0.2) is 11.4 Å². The molecule has 0 aliphatic rings. The molecule has 0 aliphatic carbocycles. The first-order chi connectivity index (χ1) is 12.4. The molecule has 0 N–H and O–H groups in total. The fourth-order valence-corrected chi connectivity index (χ4v) is 2.69. The van der Waals surface area contributed by atoms with Crippen LogP contribution in [0.1, 0.15) is 28.4 Å². The maximum atomic E-state index is 12.1. The molecule has 0 saturated carbocycles. The molecular weight excluding hydrogens is 338 g/mol. The number of hydrogen-bond donors (Lipinski definition) is 0. The lowest BCUT2D eigenvalue weighted by atomic mass is 10.0. The average molecular weight is 353 g/mol. The molecule has 7 nitrogen and oxygen atoms in total. The van der Waals surface area contributed by atoms with Crippen LogP contribution >= 0.6 is 0 Å². The van der Waals surface area contributed by atoms with E-state index in [2.05, 4.69) is 0 Å². The number of hydrogen-bond acceptors (Lipinski definition) is 6. The molecule has 0 spiro atoms. The average Bonchev–Trinajstić information content (AvgIpc) is 2.59. The number of nitro groups is 1. The summed E-state index contributed by atoms with van der Waals surface area (Å²) in [5.41, 5.74) is 1.26. The van der Waals surface area contributed by atoms with Gasteiger partial charge in [0.05, 0.1) is 4.92 Å². The van der Waals surface area contributed by atoms with Crippen LogP contribution in [0.15, 0.2) is 51.7 Å². The lowest BCUT2D eigenvalue weighted by Crippen LogP contribution is -2.06. The fourth-order valence-electron chi connectivity index (χ4n) is 2.69. The molecule has 1 heterocycles. The van der Waals surface area contributed by atoms with Gasteiger partial charge in [-0.15, -0.1) is 0 Å². The number of carbonyl (C=O) groups is 1. The summed E-state index contributed by atoms with van der Waals surface area (Å²) in [6.45, 7) is 3.25. The van der Waals surface area contributed by atoms with E-state index in [1.807, 2.05) is 0 Å². The van der Waals surface area contributed by atoms with Crippen molar-refractivity contribution in [3.63, 3.8) is 0 Å². The monoisotopic (exact) mass is 353 g/mol. The highest BCUT2D eigenvalue weighted by Gasteiger charge is 2.17. The molecule has 0 saturated heterocycles. The lowest BCUT2D eigenvalue weighted by molar-refractivity contribution is -0.384. The Balaban J connectivity index is 1.97. The normalized spacial score (nSPS) is 10.7. The minimum atomic E-state index is -0.537. The number of Topliss-reactive ketones (excluding diaryl/α,β-unsaturated/α-hetero) is 1. The van der Waals surface area contributed by atoms with Gasteiger partial charge in [-0.05, 0) is 49.2 Å². The first-order valence-corrected chi connectivity index (χ1v) is 7.81. The number of ketones is 1. The topological polar surface area (TPSA) is 99.6 Å². The first-order valence-electron chi connectivity index (χ1n) is 7.81. The van der Waals surface area contributed by atoms with Crippen molar-refractivity contribution in [1.29, 1.82) is 0 Å². The van der Waals surface area contributed by atoms with Crippen molar-refractivity contribution in [2.24, 2.45) is 0 Å². The maximum absolute atomic E-state index is 12.1. The summed E-state index contributed by atoms with van der Waals surface area (Å²) >= 11 is 0. The Morgan fingerprint density at radius 1 is 1.19 bits per heavy atom. The van der Waals surface area contributed by atoms with Gasteiger partial charge >= 0.3 is 5.63 Å². The molecule has 2 aromatic carbocycles. The molecule has 0 fully saturated rings. The van der Waals surface area contributed by atoms with E-state index in [4.69, 9.17) is 9.15 Å². The van der Waals surface area contributed by atoms with Gasteiger partial charge in [-0.1, -0.05) is 0 Å². The van der Waals surface area contributed by atoms with Gasteiger partial charge in [0.1, 0.15) is 17.9 Å². The van der Waals surface area contributed by atoms with E-state index in [1.165, 1.54) is 25.1 Å². The maximum Gasteiger partial charge on any atom is 0.336 e. The van der Waals surface area contributed by atoms with E-state index in [0.29, 0.717) is 16.5 Å². The van der Waals surface area contributed by atoms with Crippen molar-refractivity contribution >= 4 is 22.4 Å². The van der Waals surface area contributed by atoms with Crippen molar-refractivity contribution in [3.8, 4) is 5.75 Å². The number of rotatable bonds is 5. The number of benzene rings is 2.